The van der Waals surface area contributed by atoms with Crippen LogP contribution in [0.4, 0.5) is 0 Å². The van der Waals surface area contributed by atoms with E-state index < -0.39 is 0 Å². The first kappa shape index (κ1) is 34.2. The van der Waals surface area contributed by atoms with Crippen molar-refractivity contribution in [1.82, 2.24) is 0 Å². The Hall–Kier alpha value is 0. The molecule has 0 aromatic heterocycles. The lowest BCUT2D eigenvalue weighted by Crippen LogP contribution is -1.83. The van der Waals surface area contributed by atoms with Gasteiger partial charge in [-0.15, -0.1) is 0 Å². The van der Waals surface area contributed by atoms with Crippen molar-refractivity contribution in [3.8, 4) is 0 Å². The summed E-state index contributed by atoms with van der Waals surface area (Å²) < 4.78 is 0. The Morgan fingerprint density at radius 1 is 0.156 bits per heavy atom. The van der Waals surface area contributed by atoms with Gasteiger partial charge in [0.25, 0.3) is 0 Å². The van der Waals surface area contributed by atoms with E-state index in [1.165, 1.54) is 180 Å². The van der Waals surface area contributed by atoms with Gasteiger partial charge in [-0.3, -0.25) is 0 Å². The Morgan fingerprint density at radius 3 is 0.344 bits per heavy atom. The smallest absolute Gasteiger partial charge is 0.0533 e. The molecule has 0 spiro atoms. The van der Waals surface area contributed by atoms with Gasteiger partial charge >= 0.3 is 0 Å². The Labute approximate surface area is 207 Å². The number of unbranched alkanes of at least 4 members (excludes halogenated alkanes) is 26. The SMILES string of the molecule is CCCCCCCCCCCCCC.CCCCCCCCCCCCCCCCCC. The third kappa shape index (κ3) is 37.3. The molecule has 0 fully saturated rings. The maximum Gasteiger partial charge on any atom is -0.0533 e. The molecular formula is C32H68. The van der Waals surface area contributed by atoms with Gasteiger partial charge in [-0.2, -0.15) is 0 Å². The second-order valence-corrected chi connectivity index (χ2v) is 10.5. The van der Waals surface area contributed by atoms with Gasteiger partial charge in [0, 0.05) is 0 Å². The quantitative estimate of drug-likeness (QED) is 0.114. The molecule has 0 aromatic carbocycles. The molecule has 0 aliphatic carbocycles. The predicted molar refractivity (Wildman–Crippen MR) is 152 cm³/mol. The summed E-state index contributed by atoms with van der Waals surface area (Å²) in [5, 5.41) is 0. The molecule has 0 aliphatic rings. The van der Waals surface area contributed by atoms with Crippen molar-refractivity contribution in [3.05, 3.63) is 0 Å². The Morgan fingerprint density at radius 2 is 0.250 bits per heavy atom. The van der Waals surface area contributed by atoms with Crippen LogP contribution in [-0.4, -0.2) is 0 Å². The largest absolute Gasteiger partial charge is 0.0654 e. The molecule has 0 nitrogen and oxygen atoms in total. The van der Waals surface area contributed by atoms with E-state index in [-0.39, 0.29) is 0 Å². The fraction of sp³-hybridized carbons (Fsp3) is 1.00. The first-order chi connectivity index (χ1) is 15.8. The lowest BCUT2D eigenvalue weighted by molar-refractivity contribution is 0.531. The van der Waals surface area contributed by atoms with Gasteiger partial charge in [0.15, 0.2) is 0 Å². The highest BCUT2D eigenvalue weighted by atomic mass is 14.0. The van der Waals surface area contributed by atoms with Gasteiger partial charge in [-0.05, 0) is 0 Å². The van der Waals surface area contributed by atoms with Crippen molar-refractivity contribution in [3.63, 3.8) is 0 Å². The van der Waals surface area contributed by atoms with Gasteiger partial charge in [0.05, 0.1) is 0 Å². The molecule has 0 saturated carbocycles. The van der Waals surface area contributed by atoms with Crippen LogP contribution in [0.2, 0.25) is 0 Å². The summed E-state index contributed by atoms with van der Waals surface area (Å²) in [7, 11) is 0. The maximum atomic E-state index is 2.29. The Bertz CT molecular complexity index is 241. The first-order valence-corrected chi connectivity index (χ1v) is 15.8. The van der Waals surface area contributed by atoms with Gasteiger partial charge in [-0.25, -0.2) is 0 Å². The molecule has 0 N–H and O–H groups in total. The van der Waals surface area contributed by atoms with E-state index in [0.29, 0.717) is 0 Å². The Kier molecular flexibility index (Phi) is 38.0. The third-order valence-electron chi connectivity index (χ3n) is 6.91. The summed E-state index contributed by atoms with van der Waals surface area (Å²) in [4.78, 5) is 0. The molecule has 0 amide bonds. The minimum absolute atomic E-state index is 1.37. The van der Waals surface area contributed by atoms with Gasteiger partial charge in [-0.1, -0.05) is 207 Å². The highest BCUT2D eigenvalue weighted by Gasteiger charge is 1.94. The van der Waals surface area contributed by atoms with Crippen molar-refractivity contribution < 1.29 is 0 Å². The average molecular weight is 453 g/mol. The van der Waals surface area contributed by atoms with Crippen LogP contribution < -0.4 is 0 Å². The summed E-state index contributed by atoms with van der Waals surface area (Å²) in [5.74, 6) is 0. The molecule has 0 unspecified atom stereocenters. The van der Waals surface area contributed by atoms with Crippen LogP contribution in [0.1, 0.15) is 207 Å². The second-order valence-electron chi connectivity index (χ2n) is 10.5. The van der Waals surface area contributed by atoms with E-state index in [2.05, 4.69) is 27.7 Å². The summed E-state index contributed by atoms with van der Waals surface area (Å²) in [6, 6.07) is 0. The minimum Gasteiger partial charge on any atom is -0.0654 e. The fourth-order valence-electron chi connectivity index (χ4n) is 4.54. The molecule has 32 heavy (non-hydrogen) atoms. The lowest BCUT2D eigenvalue weighted by atomic mass is 10.0. The van der Waals surface area contributed by atoms with Crippen molar-refractivity contribution in [2.75, 3.05) is 0 Å². The van der Waals surface area contributed by atoms with Gasteiger partial charge in [0.2, 0.25) is 0 Å². The molecule has 0 aromatic rings. The summed E-state index contributed by atoms with van der Waals surface area (Å²) in [6.07, 6.45) is 40.8. The normalized spacial score (nSPS) is 10.9. The molecule has 0 radical (unpaired) electrons. The maximum absolute atomic E-state index is 2.29. The molecule has 0 heteroatoms. The zero-order valence-electron chi connectivity index (χ0n) is 23.8. The third-order valence-corrected chi connectivity index (χ3v) is 6.91. The van der Waals surface area contributed by atoms with Gasteiger partial charge < -0.3 is 0 Å². The average Bonchev–Trinajstić information content (AvgIpc) is 2.81. The standard InChI is InChI=1S/C18H38.C14H30/c1-3-5-7-9-11-13-15-17-18-16-14-12-10-8-6-4-2;1-3-5-7-9-11-13-14-12-10-8-6-4-2/h3-18H2,1-2H3;3-14H2,1-2H3. The molecule has 0 rings (SSSR count). The van der Waals surface area contributed by atoms with E-state index in [1.54, 1.807) is 0 Å². The van der Waals surface area contributed by atoms with E-state index in [0.717, 1.165) is 0 Å². The number of hydrogen-bond donors (Lipinski definition) is 0. The zero-order chi connectivity index (χ0) is 23.8. The van der Waals surface area contributed by atoms with Crippen LogP contribution >= 0.6 is 0 Å². The van der Waals surface area contributed by atoms with E-state index in [9.17, 15) is 0 Å². The highest BCUT2D eigenvalue weighted by Crippen LogP contribution is 2.14. The zero-order valence-corrected chi connectivity index (χ0v) is 23.8. The van der Waals surface area contributed by atoms with Crippen LogP contribution in [0.15, 0.2) is 0 Å². The fourth-order valence-corrected chi connectivity index (χ4v) is 4.54. The predicted octanol–water partition coefficient (Wildman–Crippen LogP) is 13.0. The van der Waals surface area contributed by atoms with Crippen LogP contribution in [0.3, 0.4) is 0 Å². The van der Waals surface area contributed by atoms with Crippen LogP contribution in [-0.2, 0) is 0 Å². The molecule has 0 aliphatic heterocycles. The van der Waals surface area contributed by atoms with E-state index in [1.807, 2.05) is 0 Å². The van der Waals surface area contributed by atoms with Crippen LogP contribution in [0, 0.1) is 0 Å². The van der Waals surface area contributed by atoms with Crippen molar-refractivity contribution in [2.24, 2.45) is 0 Å². The molecule has 0 saturated heterocycles. The van der Waals surface area contributed by atoms with Crippen molar-refractivity contribution in [1.29, 1.82) is 0 Å². The molecule has 0 atom stereocenters. The van der Waals surface area contributed by atoms with Crippen molar-refractivity contribution in [2.45, 2.75) is 207 Å². The topological polar surface area (TPSA) is 0 Å². The highest BCUT2D eigenvalue weighted by molar-refractivity contribution is 4.50. The molecular weight excluding hydrogens is 384 g/mol. The molecule has 196 valence electrons. The van der Waals surface area contributed by atoms with Crippen LogP contribution in [0.5, 0.6) is 0 Å². The van der Waals surface area contributed by atoms with Crippen molar-refractivity contribution >= 4 is 0 Å². The molecule has 0 heterocycles. The number of rotatable bonds is 26. The van der Waals surface area contributed by atoms with Crippen LogP contribution in [0.25, 0.3) is 0 Å². The summed E-state index contributed by atoms with van der Waals surface area (Å²) >= 11 is 0. The van der Waals surface area contributed by atoms with Gasteiger partial charge in [0.1, 0.15) is 0 Å². The summed E-state index contributed by atoms with van der Waals surface area (Å²) in [5.41, 5.74) is 0. The first-order valence-electron chi connectivity index (χ1n) is 15.8. The lowest BCUT2D eigenvalue weighted by Gasteiger charge is -2.03. The minimum atomic E-state index is 1.37. The monoisotopic (exact) mass is 453 g/mol. The number of hydrogen-bond acceptors (Lipinski definition) is 0. The summed E-state index contributed by atoms with van der Waals surface area (Å²) in [6.45, 7) is 9.16. The molecule has 0 bridgehead atoms. The van der Waals surface area contributed by atoms with E-state index in [4.69, 9.17) is 0 Å². The van der Waals surface area contributed by atoms with E-state index >= 15 is 0 Å². The Balaban J connectivity index is 0. The second kappa shape index (κ2) is 35.6.